The highest BCUT2D eigenvalue weighted by Gasteiger charge is 2.07. The van der Waals surface area contributed by atoms with Gasteiger partial charge in [0.25, 0.3) is 0 Å². The lowest BCUT2D eigenvalue weighted by atomic mass is 10.3. The Hall–Kier alpha value is -1.36. The summed E-state index contributed by atoms with van der Waals surface area (Å²) in [6.07, 6.45) is 0.288. The Morgan fingerprint density at radius 3 is 2.75 bits per heavy atom. The Kier molecular flexibility index (Phi) is 4.49. The standard InChI is InChI=1S/C10H14ClN3O2/c1-6-9(11)13-7(2)14-10(6)12-5-4-8(15)16-3/h4-5H2,1-3H3,(H,12,13,14). The molecule has 0 aromatic carbocycles. The minimum atomic E-state index is -0.262. The first-order valence-electron chi connectivity index (χ1n) is 4.86. The second-order valence-corrected chi connectivity index (χ2v) is 3.65. The molecular formula is C10H14ClN3O2. The normalized spacial score (nSPS) is 10.0. The van der Waals surface area contributed by atoms with Crippen LogP contribution < -0.4 is 5.32 Å². The van der Waals surface area contributed by atoms with Crippen LogP contribution in [0.25, 0.3) is 0 Å². The number of nitrogens with zero attached hydrogens (tertiary/aromatic N) is 2. The molecule has 0 saturated heterocycles. The number of aryl methyl sites for hydroxylation is 1. The number of ether oxygens (including phenoxy) is 1. The predicted molar refractivity (Wildman–Crippen MR) is 61.6 cm³/mol. The minimum absolute atomic E-state index is 0.262. The molecule has 0 bridgehead atoms. The van der Waals surface area contributed by atoms with Crippen molar-refractivity contribution in [3.8, 4) is 0 Å². The van der Waals surface area contributed by atoms with Crippen LogP contribution in [0.3, 0.4) is 0 Å². The van der Waals surface area contributed by atoms with Gasteiger partial charge in [-0.3, -0.25) is 4.79 Å². The van der Waals surface area contributed by atoms with E-state index in [4.69, 9.17) is 11.6 Å². The highest BCUT2D eigenvalue weighted by Crippen LogP contribution is 2.19. The van der Waals surface area contributed by atoms with Crippen LogP contribution in [0.15, 0.2) is 0 Å². The van der Waals surface area contributed by atoms with Crippen molar-refractivity contribution in [2.75, 3.05) is 19.0 Å². The van der Waals surface area contributed by atoms with E-state index in [0.717, 1.165) is 5.56 Å². The van der Waals surface area contributed by atoms with Gasteiger partial charge < -0.3 is 10.1 Å². The first-order chi connectivity index (χ1) is 7.54. The highest BCUT2D eigenvalue weighted by atomic mass is 35.5. The van der Waals surface area contributed by atoms with Crippen LogP contribution in [-0.4, -0.2) is 29.6 Å². The highest BCUT2D eigenvalue weighted by molar-refractivity contribution is 6.30. The van der Waals surface area contributed by atoms with Crippen LogP contribution in [0, 0.1) is 13.8 Å². The van der Waals surface area contributed by atoms with Gasteiger partial charge in [0.05, 0.1) is 13.5 Å². The van der Waals surface area contributed by atoms with Gasteiger partial charge >= 0.3 is 5.97 Å². The molecule has 1 N–H and O–H groups in total. The molecule has 1 rings (SSSR count). The van der Waals surface area contributed by atoms with Gasteiger partial charge in [-0.25, -0.2) is 9.97 Å². The van der Waals surface area contributed by atoms with Crippen molar-refractivity contribution in [3.05, 3.63) is 16.5 Å². The van der Waals surface area contributed by atoms with Gasteiger partial charge in [0, 0.05) is 12.1 Å². The third-order valence-corrected chi connectivity index (χ3v) is 2.42. The maximum Gasteiger partial charge on any atom is 0.307 e. The fraction of sp³-hybridized carbons (Fsp3) is 0.500. The number of carbonyl (C=O) groups is 1. The maximum absolute atomic E-state index is 10.9. The molecule has 0 aliphatic rings. The molecule has 1 aromatic rings. The topological polar surface area (TPSA) is 64.1 Å². The third kappa shape index (κ3) is 3.34. The van der Waals surface area contributed by atoms with Crippen molar-refractivity contribution in [2.45, 2.75) is 20.3 Å². The molecular weight excluding hydrogens is 230 g/mol. The fourth-order valence-corrected chi connectivity index (χ4v) is 1.36. The molecule has 0 saturated carbocycles. The molecule has 1 heterocycles. The zero-order valence-corrected chi connectivity index (χ0v) is 10.3. The Bertz CT molecular complexity index is 396. The van der Waals surface area contributed by atoms with E-state index in [1.54, 1.807) is 6.92 Å². The zero-order valence-electron chi connectivity index (χ0n) is 9.50. The molecule has 5 nitrogen and oxygen atoms in total. The number of aromatic nitrogens is 2. The Balaban J connectivity index is 2.63. The van der Waals surface area contributed by atoms with Gasteiger partial charge in [-0.1, -0.05) is 11.6 Å². The number of esters is 1. The van der Waals surface area contributed by atoms with Crippen LogP contribution in [-0.2, 0) is 9.53 Å². The molecule has 0 amide bonds. The smallest absolute Gasteiger partial charge is 0.307 e. The summed E-state index contributed by atoms with van der Waals surface area (Å²) in [5.74, 6) is 0.986. The van der Waals surface area contributed by atoms with E-state index in [0.29, 0.717) is 23.3 Å². The second kappa shape index (κ2) is 5.65. The molecule has 0 aliphatic heterocycles. The van der Waals surface area contributed by atoms with Crippen molar-refractivity contribution < 1.29 is 9.53 Å². The van der Waals surface area contributed by atoms with Crippen molar-refractivity contribution in [1.29, 1.82) is 0 Å². The third-order valence-electron chi connectivity index (χ3n) is 2.05. The summed E-state index contributed by atoms with van der Waals surface area (Å²) in [5.41, 5.74) is 0.775. The van der Waals surface area contributed by atoms with Gasteiger partial charge in [0.1, 0.15) is 16.8 Å². The summed E-state index contributed by atoms with van der Waals surface area (Å²) in [4.78, 5) is 19.1. The fourth-order valence-electron chi connectivity index (χ4n) is 1.15. The van der Waals surface area contributed by atoms with Crippen LogP contribution in [0.1, 0.15) is 17.8 Å². The first-order valence-corrected chi connectivity index (χ1v) is 5.23. The maximum atomic E-state index is 10.9. The van der Waals surface area contributed by atoms with Gasteiger partial charge in [0.2, 0.25) is 0 Å². The van der Waals surface area contributed by atoms with E-state index in [1.165, 1.54) is 7.11 Å². The van der Waals surface area contributed by atoms with Crippen LogP contribution in [0.5, 0.6) is 0 Å². The predicted octanol–water partition coefficient (Wildman–Crippen LogP) is 1.72. The number of nitrogens with one attached hydrogen (secondary N) is 1. The van der Waals surface area contributed by atoms with Crippen molar-refractivity contribution in [2.24, 2.45) is 0 Å². The van der Waals surface area contributed by atoms with Gasteiger partial charge in [-0.05, 0) is 13.8 Å². The van der Waals surface area contributed by atoms with Gasteiger partial charge in [-0.2, -0.15) is 0 Å². The summed E-state index contributed by atoms with van der Waals surface area (Å²) >= 11 is 5.91. The summed E-state index contributed by atoms with van der Waals surface area (Å²) < 4.78 is 4.53. The van der Waals surface area contributed by atoms with E-state index in [1.807, 2.05) is 6.92 Å². The molecule has 0 atom stereocenters. The van der Waals surface area contributed by atoms with Crippen molar-refractivity contribution >= 4 is 23.4 Å². The van der Waals surface area contributed by atoms with E-state index in [2.05, 4.69) is 20.0 Å². The van der Waals surface area contributed by atoms with Crippen LogP contribution >= 0.6 is 11.6 Å². The molecule has 0 fully saturated rings. The monoisotopic (exact) mass is 243 g/mol. The molecule has 0 aliphatic carbocycles. The average molecular weight is 244 g/mol. The number of rotatable bonds is 4. The van der Waals surface area contributed by atoms with Crippen molar-refractivity contribution in [1.82, 2.24) is 9.97 Å². The first kappa shape index (κ1) is 12.7. The number of methoxy groups -OCH3 is 1. The van der Waals surface area contributed by atoms with Crippen LogP contribution in [0.4, 0.5) is 5.82 Å². The molecule has 88 valence electrons. The second-order valence-electron chi connectivity index (χ2n) is 3.29. The van der Waals surface area contributed by atoms with Gasteiger partial charge in [0.15, 0.2) is 0 Å². The number of anilines is 1. The Morgan fingerprint density at radius 1 is 1.44 bits per heavy atom. The summed E-state index contributed by atoms with van der Waals surface area (Å²) in [6, 6.07) is 0. The summed E-state index contributed by atoms with van der Waals surface area (Å²) in [6.45, 7) is 4.04. The van der Waals surface area contributed by atoms with Gasteiger partial charge in [-0.15, -0.1) is 0 Å². The molecule has 16 heavy (non-hydrogen) atoms. The van der Waals surface area contributed by atoms with E-state index < -0.39 is 0 Å². The van der Waals surface area contributed by atoms with Crippen molar-refractivity contribution in [3.63, 3.8) is 0 Å². The van der Waals surface area contributed by atoms with Crippen LogP contribution in [0.2, 0.25) is 5.15 Å². The number of carbonyl (C=O) groups excluding carboxylic acids is 1. The molecule has 0 radical (unpaired) electrons. The largest absolute Gasteiger partial charge is 0.469 e. The number of hydrogen-bond donors (Lipinski definition) is 1. The van der Waals surface area contributed by atoms with E-state index in [-0.39, 0.29) is 12.4 Å². The number of hydrogen-bond acceptors (Lipinski definition) is 5. The average Bonchev–Trinajstić information content (AvgIpc) is 2.24. The zero-order chi connectivity index (χ0) is 12.1. The lowest BCUT2D eigenvalue weighted by Crippen LogP contribution is -2.12. The Labute approximate surface area is 99.2 Å². The van der Waals surface area contributed by atoms with E-state index >= 15 is 0 Å². The lowest BCUT2D eigenvalue weighted by molar-refractivity contribution is -0.140. The quantitative estimate of drug-likeness (QED) is 0.644. The molecule has 0 unspecified atom stereocenters. The SMILES string of the molecule is COC(=O)CCNc1nc(C)nc(Cl)c1C. The molecule has 0 spiro atoms. The number of halogens is 1. The van der Waals surface area contributed by atoms with E-state index in [9.17, 15) is 4.79 Å². The Morgan fingerprint density at radius 2 is 2.12 bits per heavy atom. The lowest BCUT2D eigenvalue weighted by Gasteiger charge is -2.09. The minimum Gasteiger partial charge on any atom is -0.469 e. The summed E-state index contributed by atoms with van der Waals surface area (Å²) in [7, 11) is 1.36. The molecule has 1 aromatic heterocycles. The molecule has 6 heteroatoms. The summed E-state index contributed by atoms with van der Waals surface area (Å²) in [5, 5.41) is 3.45.